The van der Waals surface area contributed by atoms with Gasteiger partial charge in [0.05, 0.1) is 17.1 Å². The maximum atomic E-state index is 13.9. The number of hydrogen-bond acceptors (Lipinski definition) is 6. The number of rotatable bonds is 9. The number of amides is 1. The number of halogens is 1. The van der Waals surface area contributed by atoms with E-state index < -0.39 is 28.3 Å². The number of anilines is 1. The highest BCUT2D eigenvalue weighted by Gasteiger charge is 2.29. The molecule has 1 aliphatic rings. The molecule has 0 unspecified atom stereocenters. The molecule has 0 fully saturated rings. The van der Waals surface area contributed by atoms with E-state index in [1.54, 1.807) is 0 Å². The van der Waals surface area contributed by atoms with Crippen molar-refractivity contribution in [2.24, 2.45) is 0 Å². The van der Waals surface area contributed by atoms with Crippen LogP contribution in [0.2, 0.25) is 0 Å². The van der Waals surface area contributed by atoms with Crippen LogP contribution in [-0.2, 0) is 14.8 Å². The third kappa shape index (κ3) is 6.02. The molecule has 1 amide bonds. The summed E-state index contributed by atoms with van der Waals surface area (Å²) in [5.41, 5.74) is 1.12. The molecule has 0 aromatic heterocycles. The van der Waals surface area contributed by atoms with Crippen molar-refractivity contribution in [1.29, 1.82) is 0 Å². The highest BCUT2D eigenvalue weighted by Crippen LogP contribution is 2.34. The van der Waals surface area contributed by atoms with Gasteiger partial charge in [0.15, 0.2) is 11.5 Å². The van der Waals surface area contributed by atoms with E-state index in [1.165, 1.54) is 36.4 Å². The molecule has 3 aromatic rings. The van der Waals surface area contributed by atoms with Crippen LogP contribution in [0.4, 0.5) is 10.1 Å². The highest BCUT2D eigenvalue weighted by molar-refractivity contribution is 7.92. The van der Waals surface area contributed by atoms with Crippen LogP contribution in [0, 0.1) is 12.7 Å². The molecule has 0 atom stereocenters. The van der Waals surface area contributed by atoms with E-state index >= 15 is 0 Å². The summed E-state index contributed by atoms with van der Waals surface area (Å²) < 4.78 is 58.3. The molecule has 1 heterocycles. The normalized spacial score (nSPS) is 12.6. The van der Waals surface area contributed by atoms with Crippen molar-refractivity contribution < 1.29 is 31.8 Å². The van der Waals surface area contributed by atoms with E-state index in [9.17, 15) is 17.6 Å². The molecule has 0 saturated carbocycles. The van der Waals surface area contributed by atoms with E-state index in [0.717, 1.165) is 15.9 Å². The second-order valence-electron chi connectivity index (χ2n) is 7.81. The van der Waals surface area contributed by atoms with E-state index in [2.05, 4.69) is 5.32 Å². The SMILES string of the molecule is Cc1ccc(OCCNC(=O)CN(c2cccc(F)c2)S(=O)(=O)c2ccc3c(c2)OCCO3)cc1. The van der Waals surface area contributed by atoms with Gasteiger partial charge in [0.25, 0.3) is 10.0 Å². The topological polar surface area (TPSA) is 94.2 Å². The summed E-state index contributed by atoms with van der Waals surface area (Å²) in [5, 5.41) is 2.64. The fraction of sp³-hybridized carbons (Fsp3) is 0.240. The van der Waals surface area contributed by atoms with Crippen molar-refractivity contribution in [2.75, 3.05) is 37.2 Å². The fourth-order valence-corrected chi connectivity index (χ4v) is 4.87. The van der Waals surface area contributed by atoms with Gasteiger partial charge < -0.3 is 19.5 Å². The van der Waals surface area contributed by atoms with Crippen LogP contribution in [0.5, 0.6) is 17.2 Å². The Morgan fingerprint density at radius 2 is 1.77 bits per heavy atom. The monoisotopic (exact) mass is 500 g/mol. The highest BCUT2D eigenvalue weighted by atomic mass is 32.2. The van der Waals surface area contributed by atoms with Gasteiger partial charge >= 0.3 is 0 Å². The predicted octanol–water partition coefficient (Wildman–Crippen LogP) is 3.30. The zero-order chi connectivity index (χ0) is 24.8. The van der Waals surface area contributed by atoms with Crippen LogP contribution < -0.4 is 23.8 Å². The van der Waals surface area contributed by atoms with Crippen LogP contribution in [0.3, 0.4) is 0 Å². The van der Waals surface area contributed by atoms with Crippen LogP contribution in [0.1, 0.15) is 5.56 Å². The van der Waals surface area contributed by atoms with Gasteiger partial charge in [-0.1, -0.05) is 23.8 Å². The summed E-state index contributed by atoms with van der Waals surface area (Å²) >= 11 is 0. The number of carbonyl (C=O) groups excluding carboxylic acids is 1. The van der Waals surface area contributed by atoms with Crippen LogP contribution in [0.25, 0.3) is 0 Å². The van der Waals surface area contributed by atoms with Crippen molar-refractivity contribution in [3.63, 3.8) is 0 Å². The van der Waals surface area contributed by atoms with Gasteiger partial charge in [0.2, 0.25) is 5.91 Å². The van der Waals surface area contributed by atoms with Crippen LogP contribution in [0.15, 0.2) is 71.6 Å². The van der Waals surface area contributed by atoms with Crippen LogP contribution in [-0.4, -0.2) is 47.2 Å². The number of benzene rings is 3. The van der Waals surface area contributed by atoms with Crippen molar-refractivity contribution in [1.82, 2.24) is 5.32 Å². The average molecular weight is 501 g/mol. The molecule has 1 N–H and O–H groups in total. The molecule has 4 rings (SSSR count). The minimum absolute atomic E-state index is 0.0194. The zero-order valence-electron chi connectivity index (χ0n) is 19.1. The Morgan fingerprint density at radius 3 is 2.51 bits per heavy atom. The lowest BCUT2D eigenvalue weighted by Crippen LogP contribution is -2.42. The first-order chi connectivity index (χ1) is 16.8. The van der Waals surface area contributed by atoms with E-state index in [4.69, 9.17) is 14.2 Å². The van der Waals surface area contributed by atoms with Crippen molar-refractivity contribution >= 4 is 21.6 Å². The molecule has 8 nitrogen and oxygen atoms in total. The Morgan fingerprint density at radius 1 is 1.03 bits per heavy atom. The summed E-state index contributed by atoms with van der Waals surface area (Å²) in [4.78, 5) is 12.6. The fourth-order valence-electron chi connectivity index (χ4n) is 3.44. The van der Waals surface area contributed by atoms with Crippen molar-refractivity contribution in [3.8, 4) is 17.2 Å². The minimum atomic E-state index is -4.24. The third-order valence-corrected chi connectivity index (χ3v) is 6.97. The Hall–Kier alpha value is -3.79. The first-order valence-corrected chi connectivity index (χ1v) is 12.4. The number of sulfonamides is 1. The Balaban J connectivity index is 1.48. The van der Waals surface area contributed by atoms with Crippen molar-refractivity contribution in [2.45, 2.75) is 11.8 Å². The van der Waals surface area contributed by atoms with Gasteiger partial charge in [0.1, 0.15) is 37.9 Å². The number of nitrogens with one attached hydrogen (secondary N) is 1. The summed E-state index contributed by atoms with van der Waals surface area (Å²) in [6.45, 7) is 2.43. The number of nitrogens with zero attached hydrogens (tertiary/aromatic N) is 1. The minimum Gasteiger partial charge on any atom is -0.492 e. The largest absolute Gasteiger partial charge is 0.492 e. The Labute approximate surface area is 203 Å². The lowest BCUT2D eigenvalue weighted by molar-refractivity contribution is -0.119. The second kappa shape index (κ2) is 10.6. The lowest BCUT2D eigenvalue weighted by atomic mass is 10.2. The summed E-state index contributed by atoms with van der Waals surface area (Å²) in [6, 6.07) is 16.7. The number of fused-ring (bicyclic) bond motifs is 1. The molecule has 0 radical (unpaired) electrons. The van der Waals surface area contributed by atoms with Gasteiger partial charge in [-0.3, -0.25) is 9.10 Å². The third-order valence-electron chi connectivity index (χ3n) is 5.20. The second-order valence-corrected chi connectivity index (χ2v) is 9.67. The molecule has 0 aliphatic carbocycles. The van der Waals surface area contributed by atoms with Gasteiger partial charge in [-0.05, 0) is 49.4 Å². The van der Waals surface area contributed by atoms with Gasteiger partial charge in [-0.25, -0.2) is 12.8 Å². The molecule has 0 saturated heterocycles. The number of aryl methyl sites for hydroxylation is 1. The van der Waals surface area contributed by atoms with Gasteiger partial charge in [-0.2, -0.15) is 0 Å². The van der Waals surface area contributed by atoms with E-state index in [-0.39, 0.29) is 36.1 Å². The molecule has 1 aliphatic heterocycles. The standard InChI is InChI=1S/C25H25FN2O6S/c1-18-5-7-21(8-6-18)32-12-11-27-25(29)17-28(20-4-2-3-19(26)15-20)35(30,31)22-9-10-23-24(16-22)34-14-13-33-23/h2-10,15-16H,11-14,17H2,1H3,(H,27,29). The summed E-state index contributed by atoms with van der Waals surface area (Å²) in [7, 11) is -4.24. The maximum absolute atomic E-state index is 13.9. The quantitative estimate of drug-likeness (QED) is 0.453. The molecule has 10 heteroatoms. The molecular weight excluding hydrogens is 475 g/mol. The van der Waals surface area contributed by atoms with Crippen molar-refractivity contribution in [3.05, 3.63) is 78.1 Å². The maximum Gasteiger partial charge on any atom is 0.264 e. The Bertz CT molecular complexity index is 1300. The molecule has 3 aromatic carbocycles. The number of carbonyl (C=O) groups is 1. The lowest BCUT2D eigenvalue weighted by Gasteiger charge is -2.25. The van der Waals surface area contributed by atoms with E-state index in [0.29, 0.717) is 18.1 Å². The number of hydrogen-bond donors (Lipinski definition) is 1. The zero-order valence-corrected chi connectivity index (χ0v) is 19.9. The van der Waals surface area contributed by atoms with E-state index in [1.807, 2.05) is 31.2 Å². The summed E-state index contributed by atoms with van der Waals surface area (Å²) in [6.07, 6.45) is 0. The molecule has 184 valence electrons. The van der Waals surface area contributed by atoms with Crippen LogP contribution >= 0.6 is 0 Å². The molecule has 0 spiro atoms. The predicted molar refractivity (Wildman–Crippen MR) is 128 cm³/mol. The van der Waals surface area contributed by atoms with Gasteiger partial charge in [-0.15, -0.1) is 0 Å². The first-order valence-electron chi connectivity index (χ1n) is 11.0. The molecule has 35 heavy (non-hydrogen) atoms. The summed E-state index contributed by atoms with van der Waals surface area (Å²) in [5.74, 6) is 0.181. The van der Waals surface area contributed by atoms with Gasteiger partial charge in [0, 0.05) is 6.07 Å². The average Bonchev–Trinajstić information content (AvgIpc) is 2.86. The number of ether oxygens (including phenoxy) is 3. The molecular formula is C25H25FN2O6S. The molecule has 0 bridgehead atoms. The Kier molecular flexibility index (Phi) is 7.40. The first kappa shape index (κ1) is 24.3. The smallest absolute Gasteiger partial charge is 0.264 e.